The van der Waals surface area contributed by atoms with Crippen molar-refractivity contribution >= 4 is 56.0 Å². The van der Waals surface area contributed by atoms with E-state index in [1.807, 2.05) is 6.07 Å². The van der Waals surface area contributed by atoms with Crippen LogP contribution >= 0.6 is 0 Å². The van der Waals surface area contributed by atoms with Crippen molar-refractivity contribution in [2.75, 3.05) is 4.90 Å². The van der Waals surface area contributed by atoms with Gasteiger partial charge < -0.3 is 9.32 Å². The summed E-state index contributed by atoms with van der Waals surface area (Å²) in [4.78, 5) is 2.52. The summed E-state index contributed by atoms with van der Waals surface area (Å²) in [5.74, 6) is 0. The van der Waals surface area contributed by atoms with Crippen LogP contribution in [0.4, 0.5) is 22.7 Å². The summed E-state index contributed by atoms with van der Waals surface area (Å²) in [6.45, 7) is 4.71. The molecular formula is C39H27N2O+. The van der Waals surface area contributed by atoms with E-state index < -0.39 is 0 Å². The molecule has 198 valence electrons. The quantitative estimate of drug-likeness (QED) is 0.194. The second-order valence-electron chi connectivity index (χ2n) is 12.3. The van der Waals surface area contributed by atoms with Gasteiger partial charge in [-0.15, -0.1) is 0 Å². The number of fused-ring (bicyclic) bond motifs is 12. The molecule has 0 saturated heterocycles. The van der Waals surface area contributed by atoms with Crippen molar-refractivity contribution in [1.82, 2.24) is 4.58 Å². The highest BCUT2D eigenvalue weighted by Gasteiger charge is 2.50. The minimum atomic E-state index is -0.0576. The average molecular weight is 540 g/mol. The SMILES string of the molecule is CC1(C)c2ccccc2-c2ccc([N+]3=C4C=CC=C5c6ccc7c(oc8ccccc87)c6N(c6ccccc63)C54)cc21. The van der Waals surface area contributed by atoms with Crippen LogP contribution in [0.5, 0.6) is 0 Å². The molecule has 10 rings (SSSR count). The second kappa shape index (κ2) is 7.57. The predicted octanol–water partition coefficient (Wildman–Crippen LogP) is 9.66. The Kier molecular flexibility index (Phi) is 4.06. The van der Waals surface area contributed by atoms with E-state index in [-0.39, 0.29) is 11.5 Å². The smallest absolute Gasteiger partial charge is 0.235 e. The Bertz CT molecular complexity index is 2290. The van der Waals surface area contributed by atoms with E-state index >= 15 is 0 Å². The largest absolute Gasteiger partial charge is 0.454 e. The van der Waals surface area contributed by atoms with Crippen molar-refractivity contribution in [3.63, 3.8) is 0 Å². The normalized spacial score (nSPS) is 18.6. The second-order valence-corrected chi connectivity index (χ2v) is 12.3. The molecule has 1 atom stereocenters. The van der Waals surface area contributed by atoms with E-state index in [1.165, 1.54) is 67.2 Å². The molecule has 0 bridgehead atoms. The molecule has 6 aromatic rings. The number of anilines is 2. The van der Waals surface area contributed by atoms with Crippen LogP contribution in [0.3, 0.4) is 0 Å². The maximum absolute atomic E-state index is 6.61. The number of nitrogens with zero attached hydrogens (tertiary/aromatic N) is 2. The van der Waals surface area contributed by atoms with Crippen molar-refractivity contribution in [1.29, 1.82) is 0 Å². The van der Waals surface area contributed by atoms with Gasteiger partial charge in [-0.25, -0.2) is 0 Å². The Hall–Kier alpha value is -5.15. The summed E-state index contributed by atoms with van der Waals surface area (Å²) in [5.41, 5.74) is 15.9. The van der Waals surface area contributed by atoms with E-state index in [0.717, 1.165) is 16.6 Å². The molecule has 0 spiro atoms. The zero-order chi connectivity index (χ0) is 27.7. The monoisotopic (exact) mass is 539 g/mol. The van der Waals surface area contributed by atoms with Crippen LogP contribution in [0.25, 0.3) is 38.6 Å². The van der Waals surface area contributed by atoms with Gasteiger partial charge in [0.05, 0.1) is 5.69 Å². The van der Waals surface area contributed by atoms with Gasteiger partial charge >= 0.3 is 0 Å². The molecule has 3 heteroatoms. The summed E-state index contributed by atoms with van der Waals surface area (Å²) in [5, 5.41) is 2.33. The summed E-state index contributed by atoms with van der Waals surface area (Å²) in [6, 6.07) is 37.7. The fourth-order valence-electron chi connectivity index (χ4n) is 8.05. The molecule has 5 aromatic carbocycles. The van der Waals surface area contributed by atoms with E-state index in [1.54, 1.807) is 0 Å². The van der Waals surface area contributed by atoms with Gasteiger partial charge in [0.15, 0.2) is 5.58 Å². The van der Waals surface area contributed by atoms with Crippen LogP contribution in [-0.4, -0.2) is 11.8 Å². The van der Waals surface area contributed by atoms with Crippen LogP contribution in [0, 0.1) is 0 Å². The fraction of sp³-hybridized carbons (Fsp3) is 0.103. The molecule has 0 amide bonds. The minimum Gasteiger partial charge on any atom is -0.454 e. The van der Waals surface area contributed by atoms with E-state index in [0.29, 0.717) is 0 Å². The van der Waals surface area contributed by atoms with Gasteiger partial charge in [-0.1, -0.05) is 86.7 Å². The number of hydrogen-bond acceptors (Lipinski definition) is 2. The Morgan fingerprint density at radius 3 is 2.48 bits per heavy atom. The summed E-state index contributed by atoms with van der Waals surface area (Å²) >= 11 is 0. The van der Waals surface area contributed by atoms with Crippen LogP contribution in [0.2, 0.25) is 0 Å². The molecule has 3 nitrogen and oxygen atoms in total. The molecule has 2 aliphatic carbocycles. The maximum atomic E-state index is 6.61. The Balaban J connectivity index is 1.24. The number of rotatable bonds is 1. The molecule has 0 saturated carbocycles. The third-order valence-corrected chi connectivity index (χ3v) is 9.91. The van der Waals surface area contributed by atoms with Crippen molar-refractivity contribution < 1.29 is 4.42 Å². The van der Waals surface area contributed by atoms with E-state index in [9.17, 15) is 0 Å². The van der Waals surface area contributed by atoms with Gasteiger partial charge in [0.25, 0.3) is 0 Å². The van der Waals surface area contributed by atoms with Crippen LogP contribution in [0.1, 0.15) is 30.5 Å². The summed E-state index contributed by atoms with van der Waals surface area (Å²) < 4.78 is 9.10. The molecule has 0 N–H and O–H groups in total. The Labute approximate surface area is 244 Å². The highest BCUT2D eigenvalue weighted by molar-refractivity contribution is 6.24. The number of furan rings is 1. The first-order valence-electron chi connectivity index (χ1n) is 14.7. The van der Waals surface area contributed by atoms with E-state index in [4.69, 9.17) is 4.42 Å². The molecule has 0 radical (unpaired) electrons. The molecule has 0 fully saturated rings. The van der Waals surface area contributed by atoms with Crippen molar-refractivity contribution in [2.24, 2.45) is 0 Å². The highest BCUT2D eigenvalue weighted by Crippen LogP contribution is 2.56. The lowest BCUT2D eigenvalue weighted by atomic mass is 9.82. The first kappa shape index (κ1) is 22.5. The number of allylic oxidation sites excluding steroid dienone is 2. The lowest BCUT2D eigenvalue weighted by molar-refractivity contribution is 0.660. The standard InChI is InChI=1S/C39H27N2O/c1-39(2)30-13-5-3-10-24(30)25-19-18-23(22-31(25)39)40-32-14-6-7-15-33(32)41-36-27(12-9-16-34(36)40)28-20-21-29-26-11-4-8-17-35(26)42-38(29)37(28)41/h3-22,36H,1-2H3/q+1. The fourth-order valence-corrected chi connectivity index (χ4v) is 8.05. The van der Waals surface area contributed by atoms with Gasteiger partial charge in [-0.3, -0.25) is 0 Å². The zero-order valence-electron chi connectivity index (χ0n) is 23.4. The van der Waals surface area contributed by atoms with E-state index in [2.05, 4.69) is 139 Å². The van der Waals surface area contributed by atoms with Gasteiger partial charge in [0.1, 0.15) is 17.3 Å². The minimum absolute atomic E-state index is 0.0576. The number of para-hydroxylation sites is 3. The topological polar surface area (TPSA) is 19.4 Å². The molecule has 3 heterocycles. The summed E-state index contributed by atoms with van der Waals surface area (Å²) in [6.07, 6.45) is 6.80. The lowest BCUT2D eigenvalue weighted by Gasteiger charge is -2.32. The van der Waals surface area contributed by atoms with Gasteiger partial charge in [0.2, 0.25) is 17.1 Å². The average Bonchev–Trinajstić information content (AvgIpc) is 3.65. The molecular weight excluding hydrogens is 512 g/mol. The molecule has 1 aromatic heterocycles. The van der Waals surface area contributed by atoms with Crippen LogP contribution < -0.4 is 9.48 Å². The summed E-state index contributed by atoms with van der Waals surface area (Å²) in [7, 11) is 0. The van der Waals surface area contributed by atoms with Crippen molar-refractivity contribution in [2.45, 2.75) is 25.3 Å². The molecule has 42 heavy (non-hydrogen) atoms. The number of hydrogen-bond donors (Lipinski definition) is 0. The third kappa shape index (κ3) is 2.60. The number of benzene rings is 5. The predicted molar refractivity (Wildman–Crippen MR) is 174 cm³/mol. The maximum Gasteiger partial charge on any atom is 0.235 e. The molecule has 2 aliphatic heterocycles. The first-order valence-corrected chi connectivity index (χ1v) is 14.7. The highest BCUT2D eigenvalue weighted by atomic mass is 16.3. The zero-order valence-corrected chi connectivity index (χ0v) is 23.4. The van der Waals surface area contributed by atoms with Crippen LogP contribution in [0.15, 0.2) is 126 Å². The Morgan fingerprint density at radius 1 is 0.738 bits per heavy atom. The third-order valence-electron chi connectivity index (χ3n) is 9.91. The van der Waals surface area contributed by atoms with Crippen molar-refractivity contribution in [3.8, 4) is 11.1 Å². The Morgan fingerprint density at radius 2 is 1.52 bits per heavy atom. The van der Waals surface area contributed by atoms with Gasteiger partial charge in [0, 0.05) is 46.0 Å². The van der Waals surface area contributed by atoms with Crippen molar-refractivity contribution in [3.05, 3.63) is 138 Å². The van der Waals surface area contributed by atoms with Gasteiger partial charge in [-0.2, -0.15) is 4.58 Å². The van der Waals surface area contributed by atoms with Crippen LogP contribution in [-0.2, 0) is 5.41 Å². The molecule has 4 aliphatic rings. The molecule has 1 unspecified atom stereocenters. The first-order chi connectivity index (χ1) is 20.6. The lowest BCUT2D eigenvalue weighted by Crippen LogP contribution is -2.43. The van der Waals surface area contributed by atoms with Gasteiger partial charge in [-0.05, 0) is 52.1 Å².